The summed E-state index contributed by atoms with van der Waals surface area (Å²) in [5.41, 5.74) is 4.06. The molecule has 3 aromatic rings. The van der Waals surface area contributed by atoms with Gasteiger partial charge in [-0.3, -0.25) is 0 Å². The zero-order valence-electron chi connectivity index (χ0n) is 13.7. The number of imidazole rings is 1. The van der Waals surface area contributed by atoms with Crippen molar-refractivity contribution in [1.82, 2.24) is 19.5 Å². The number of hydrogen-bond donors (Lipinski definition) is 1. The molecule has 4 rings (SSSR count). The monoisotopic (exact) mass is 341 g/mol. The molecule has 0 amide bonds. The standard InChI is InChI=1S/C18H20ClN5/c1-12-5-4-6-13(9-12)10-20-16-15-17(23-18(19)22-16)24(11-21-15)14-7-2-3-8-14/h4-6,9,11,14H,2-3,7-8,10H2,1H3,(H,20,22,23). The summed E-state index contributed by atoms with van der Waals surface area (Å²) in [6.45, 7) is 2.77. The van der Waals surface area contributed by atoms with Crippen LogP contribution in [0.2, 0.25) is 5.28 Å². The molecule has 0 saturated heterocycles. The van der Waals surface area contributed by atoms with Crippen LogP contribution in [0.4, 0.5) is 5.82 Å². The smallest absolute Gasteiger partial charge is 0.226 e. The van der Waals surface area contributed by atoms with Crippen molar-refractivity contribution in [3.05, 3.63) is 47.0 Å². The molecule has 0 radical (unpaired) electrons. The third-order valence-electron chi connectivity index (χ3n) is 4.65. The molecule has 0 aliphatic heterocycles. The average Bonchev–Trinajstić information content (AvgIpc) is 3.21. The first-order valence-corrected chi connectivity index (χ1v) is 8.78. The molecule has 1 aromatic carbocycles. The molecule has 24 heavy (non-hydrogen) atoms. The molecule has 124 valence electrons. The highest BCUT2D eigenvalue weighted by Gasteiger charge is 2.21. The Hall–Kier alpha value is -2.14. The fourth-order valence-electron chi connectivity index (χ4n) is 3.47. The molecule has 0 unspecified atom stereocenters. The fourth-order valence-corrected chi connectivity index (χ4v) is 3.64. The molecule has 1 N–H and O–H groups in total. The SMILES string of the molecule is Cc1cccc(CNc2nc(Cl)nc3c2ncn3C2CCCC2)c1. The van der Waals surface area contributed by atoms with Gasteiger partial charge in [-0.25, -0.2) is 4.98 Å². The lowest BCUT2D eigenvalue weighted by atomic mass is 10.1. The van der Waals surface area contributed by atoms with Crippen LogP contribution in [0.15, 0.2) is 30.6 Å². The molecule has 6 heteroatoms. The van der Waals surface area contributed by atoms with Gasteiger partial charge in [-0.05, 0) is 36.9 Å². The van der Waals surface area contributed by atoms with Gasteiger partial charge >= 0.3 is 0 Å². The first-order chi connectivity index (χ1) is 11.7. The molecule has 1 fully saturated rings. The van der Waals surface area contributed by atoms with Crippen LogP contribution in [0.1, 0.15) is 42.9 Å². The van der Waals surface area contributed by atoms with Crippen molar-refractivity contribution in [2.45, 2.75) is 45.2 Å². The highest BCUT2D eigenvalue weighted by Crippen LogP contribution is 2.33. The maximum Gasteiger partial charge on any atom is 0.226 e. The van der Waals surface area contributed by atoms with E-state index in [2.05, 4.69) is 56.0 Å². The molecule has 0 bridgehead atoms. The Morgan fingerprint density at radius 1 is 1.25 bits per heavy atom. The molecule has 2 aromatic heterocycles. The summed E-state index contributed by atoms with van der Waals surface area (Å²) in [5, 5.41) is 3.62. The first kappa shape index (κ1) is 15.4. The molecule has 5 nitrogen and oxygen atoms in total. The van der Waals surface area contributed by atoms with Crippen LogP contribution < -0.4 is 5.32 Å². The van der Waals surface area contributed by atoms with Gasteiger partial charge in [0.15, 0.2) is 17.0 Å². The summed E-state index contributed by atoms with van der Waals surface area (Å²) in [5.74, 6) is 0.697. The predicted molar refractivity (Wildman–Crippen MR) is 96.3 cm³/mol. The van der Waals surface area contributed by atoms with Crippen molar-refractivity contribution in [2.75, 3.05) is 5.32 Å². The van der Waals surface area contributed by atoms with Gasteiger partial charge in [0.1, 0.15) is 0 Å². The second kappa shape index (κ2) is 6.40. The van der Waals surface area contributed by atoms with Crippen molar-refractivity contribution >= 4 is 28.6 Å². The van der Waals surface area contributed by atoms with Gasteiger partial charge in [0, 0.05) is 12.6 Å². The number of fused-ring (bicyclic) bond motifs is 1. The Bertz CT molecular complexity index is 867. The van der Waals surface area contributed by atoms with Crippen molar-refractivity contribution in [1.29, 1.82) is 0 Å². The second-order valence-electron chi connectivity index (χ2n) is 6.45. The fraction of sp³-hybridized carbons (Fsp3) is 0.389. The van der Waals surface area contributed by atoms with Crippen LogP contribution in [-0.4, -0.2) is 19.5 Å². The van der Waals surface area contributed by atoms with E-state index in [9.17, 15) is 0 Å². The Labute approximate surface area is 146 Å². The van der Waals surface area contributed by atoms with E-state index in [1.165, 1.54) is 36.8 Å². The van der Waals surface area contributed by atoms with Gasteiger partial charge in [-0.15, -0.1) is 0 Å². The van der Waals surface area contributed by atoms with E-state index in [4.69, 9.17) is 11.6 Å². The lowest BCUT2D eigenvalue weighted by Crippen LogP contribution is -2.06. The van der Waals surface area contributed by atoms with Crippen molar-refractivity contribution in [3.8, 4) is 0 Å². The molecule has 1 aliphatic rings. The molecular weight excluding hydrogens is 322 g/mol. The zero-order valence-corrected chi connectivity index (χ0v) is 14.4. The largest absolute Gasteiger partial charge is 0.364 e. The van der Waals surface area contributed by atoms with Gasteiger partial charge in [-0.2, -0.15) is 9.97 Å². The average molecular weight is 342 g/mol. The van der Waals surface area contributed by atoms with E-state index in [1.807, 2.05) is 6.33 Å². The van der Waals surface area contributed by atoms with Crippen LogP contribution in [-0.2, 0) is 6.54 Å². The lowest BCUT2D eigenvalue weighted by molar-refractivity contribution is 0.529. The molecule has 1 aliphatic carbocycles. The number of benzene rings is 1. The third kappa shape index (κ3) is 2.96. The van der Waals surface area contributed by atoms with Gasteiger partial charge < -0.3 is 9.88 Å². The van der Waals surface area contributed by atoms with E-state index in [1.54, 1.807) is 0 Å². The van der Waals surface area contributed by atoms with Gasteiger partial charge in [-0.1, -0.05) is 42.7 Å². The summed E-state index contributed by atoms with van der Waals surface area (Å²) in [4.78, 5) is 13.3. The van der Waals surface area contributed by atoms with Crippen LogP contribution in [0, 0.1) is 6.92 Å². The number of hydrogen-bond acceptors (Lipinski definition) is 4. The normalized spacial score (nSPS) is 15.2. The topological polar surface area (TPSA) is 55.6 Å². The number of nitrogens with zero attached hydrogens (tertiary/aromatic N) is 4. The summed E-state index contributed by atoms with van der Waals surface area (Å²) < 4.78 is 2.16. The second-order valence-corrected chi connectivity index (χ2v) is 6.78. The predicted octanol–water partition coefficient (Wildman–Crippen LogP) is 4.52. The van der Waals surface area contributed by atoms with E-state index < -0.39 is 0 Å². The highest BCUT2D eigenvalue weighted by molar-refractivity contribution is 6.28. The maximum absolute atomic E-state index is 6.16. The number of rotatable bonds is 4. The Balaban J connectivity index is 1.65. The third-order valence-corrected chi connectivity index (χ3v) is 4.82. The summed E-state index contributed by atoms with van der Waals surface area (Å²) in [6, 6.07) is 8.88. The lowest BCUT2D eigenvalue weighted by Gasteiger charge is -2.12. The van der Waals surface area contributed by atoms with E-state index in [0.29, 0.717) is 18.4 Å². The highest BCUT2D eigenvalue weighted by atomic mass is 35.5. The number of anilines is 1. The summed E-state index contributed by atoms with van der Waals surface area (Å²) >= 11 is 6.16. The Morgan fingerprint density at radius 3 is 2.88 bits per heavy atom. The Kier molecular flexibility index (Phi) is 4.10. The number of aryl methyl sites for hydroxylation is 1. The van der Waals surface area contributed by atoms with Crippen LogP contribution >= 0.6 is 11.6 Å². The molecule has 0 atom stereocenters. The summed E-state index contributed by atoms with van der Waals surface area (Å²) in [7, 11) is 0. The van der Waals surface area contributed by atoms with Crippen LogP contribution in [0.3, 0.4) is 0 Å². The van der Waals surface area contributed by atoms with Crippen molar-refractivity contribution in [2.24, 2.45) is 0 Å². The summed E-state index contributed by atoms with van der Waals surface area (Å²) in [6.07, 6.45) is 6.77. The molecular formula is C18H20ClN5. The number of aromatic nitrogens is 4. The van der Waals surface area contributed by atoms with Gasteiger partial charge in [0.2, 0.25) is 5.28 Å². The maximum atomic E-state index is 6.16. The molecule has 0 spiro atoms. The number of nitrogens with one attached hydrogen (secondary N) is 1. The molecule has 2 heterocycles. The quantitative estimate of drug-likeness (QED) is 0.709. The van der Waals surface area contributed by atoms with Crippen LogP contribution in [0.25, 0.3) is 11.2 Å². The molecule has 1 saturated carbocycles. The number of halogens is 1. The van der Waals surface area contributed by atoms with Crippen LogP contribution in [0.5, 0.6) is 0 Å². The Morgan fingerprint density at radius 2 is 2.08 bits per heavy atom. The van der Waals surface area contributed by atoms with E-state index in [0.717, 1.165) is 11.2 Å². The van der Waals surface area contributed by atoms with E-state index in [-0.39, 0.29) is 5.28 Å². The van der Waals surface area contributed by atoms with Gasteiger partial charge in [0.25, 0.3) is 0 Å². The minimum Gasteiger partial charge on any atom is -0.364 e. The minimum atomic E-state index is 0.258. The van der Waals surface area contributed by atoms with Gasteiger partial charge in [0.05, 0.1) is 6.33 Å². The minimum absolute atomic E-state index is 0.258. The zero-order chi connectivity index (χ0) is 16.5. The van der Waals surface area contributed by atoms with Crippen molar-refractivity contribution in [3.63, 3.8) is 0 Å². The van der Waals surface area contributed by atoms with E-state index >= 15 is 0 Å². The van der Waals surface area contributed by atoms with Crippen molar-refractivity contribution < 1.29 is 0 Å². The first-order valence-electron chi connectivity index (χ1n) is 8.40.